The van der Waals surface area contributed by atoms with E-state index in [9.17, 15) is 0 Å². The van der Waals surface area contributed by atoms with Crippen molar-refractivity contribution in [2.75, 3.05) is 4.90 Å². The molecule has 11 rings (SSSR count). The molecule has 0 unspecified atom stereocenters. The van der Waals surface area contributed by atoms with Gasteiger partial charge in [-0.25, -0.2) is 0 Å². The van der Waals surface area contributed by atoms with Crippen molar-refractivity contribution in [1.29, 1.82) is 0 Å². The van der Waals surface area contributed by atoms with Crippen LogP contribution in [0.1, 0.15) is 0 Å². The van der Waals surface area contributed by atoms with Gasteiger partial charge >= 0.3 is 0 Å². The number of hydrogen-bond donors (Lipinski definition) is 0. The fourth-order valence-electron chi connectivity index (χ4n) is 8.59. The molecule has 0 aliphatic carbocycles. The molecular formula is C54H36N2O. The first-order valence-electron chi connectivity index (χ1n) is 19.4. The number of rotatable bonds is 7. The molecule has 9 aromatic carbocycles. The maximum atomic E-state index is 6.29. The Bertz CT molecular complexity index is 3170. The monoisotopic (exact) mass is 728 g/mol. The van der Waals surface area contributed by atoms with E-state index in [4.69, 9.17) is 4.42 Å². The van der Waals surface area contributed by atoms with Crippen LogP contribution in [-0.4, -0.2) is 4.57 Å². The molecule has 0 atom stereocenters. The summed E-state index contributed by atoms with van der Waals surface area (Å²) >= 11 is 0. The van der Waals surface area contributed by atoms with Crippen LogP contribution in [0.4, 0.5) is 17.1 Å². The summed E-state index contributed by atoms with van der Waals surface area (Å²) in [6, 6.07) is 78.1. The summed E-state index contributed by atoms with van der Waals surface area (Å²) in [6.07, 6.45) is 0. The predicted octanol–water partition coefficient (Wildman–Crippen LogP) is 15.2. The number of benzene rings is 9. The summed E-state index contributed by atoms with van der Waals surface area (Å²) in [6.45, 7) is 0. The average molecular weight is 729 g/mol. The van der Waals surface area contributed by atoms with Crippen LogP contribution in [0, 0.1) is 0 Å². The van der Waals surface area contributed by atoms with E-state index in [1.807, 2.05) is 12.1 Å². The van der Waals surface area contributed by atoms with E-state index in [2.05, 4.69) is 216 Å². The number of hydrogen-bond acceptors (Lipinski definition) is 2. The van der Waals surface area contributed by atoms with Gasteiger partial charge in [0.2, 0.25) is 0 Å². The van der Waals surface area contributed by atoms with E-state index in [1.54, 1.807) is 0 Å². The average Bonchev–Trinajstić information content (AvgIpc) is 3.84. The summed E-state index contributed by atoms with van der Waals surface area (Å²) in [7, 11) is 0. The minimum absolute atomic E-state index is 0.893. The Morgan fingerprint density at radius 1 is 0.351 bits per heavy atom. The van der Waals surface area contributed by atoms with Gasteiger partial charge in [0, 0.05) is 44.2 Å². The third kappa shape index (κ3) is 5.60. The molecule has 0 amide bonds. The van der Waals surface area contributed by atoms with E-state index >= 15 is 0 Å². The minimum atomic E-state index is 0.893. The Morgan fingerprint density at radius 3 is 1.67 bits per heavy atom. The Hall–Kier alpha value is -7.62. The molecule has 0 fully saturated rings. The second-order valence-corrected chi connectivity index (χ2v) is 14.5. The SMILES string of the molecule is c1ccc(-c2ccccc2N(c2ccc(-c3ccc(-n4c5ccccc5c5ccccc54)cc3)cc2)c2cccc(-c3cccc4oc5ccccc5c34)c2)cc1. The maximum Gasteiger partial charge on any atom is 0.136 e. The molecule has 2 heterocycles. The molecule has 0 radical (unpaired) electrons. The summed E-state index contributed by atoms with van der Waals surface area (Å²) in [5, 5.41) is 4.79. The van der Waals surface area contributed by atoms with Crippen LogP contribution in [0.5, 0.6) is 0 Å². The van der Waals surface area contributed by atoms with Gasteiger partial charge in [-0.3, -0.25) is 0 Å². The molecule has 0 aliphatic rings. The van der Waals surface area contributed by atoms with Gasteiger partial charge in [0.05, 0.1) is 16.7 Å². The maximum absolute atomic E-state index is 6.29. The number of para-hydroxylation sites is 4. The van der Waals surface area contributed by atoms with Crippen LogP contribution >= 0.6 is 0 Å². The lowest BCUT2D eigenvalue weighted by Crippen LogP contribution is -2.11. The van der Waals surface area contributed by atoms with E-state index in [0.717, 1.165) is 66.9 Å². The first-order chi connectivity index (χ1) is 28.3. The molecule has 11 aromatic rings. The van der Waals surface area contributed by atoms with Gasteiger partial charge in [-0.2, -0.15) is 0 Å². The zero-order chi connectivity index (χ0) is 37.7. The Balaban J connectivity index is 1.01. The molecule has 57 heavy (non-hydrogen) atoms. The second-order valence-electron chi connectivity index (χ2n) is 14.5. The molecule has 0 bridgehead atoms. The van der Waals surface area contributed by atoms with Crippen molar-refractivity contribution >= 4 is 60.8 Å². The van der Waals surface area contributed by atoms with Crippen LogP contribution in [0.25, 0.3) is 82.8 Å². The number of anilines is 3. The van der Waals surface area contributed by atoms with E-state index in [0.29, 0.717) is 0 Å². The van der Waals surface area contributed by atoms with Gasteiger partial charge in [-0.15, -0.1) is 0 Å². The minimum Gasteiger partial charge on any atom is -0.456 e. The van der Waals surface area contributed by atoms with Gasteiger partial charge in [0.25, 0.3) is 0 Å². The molecule has 0 saturated heterocycles. The molecular weight excluding hydrogens is 693 g/mol. The summed E-state index contributed by atoms with van der Waals surface area (Å²) < 4.78 is 8.66. The number of fused-ring (bicyclic) bond motifs is 6. The molecule has 2 aromatic heterocycles. The number of nitrogens with zero attached hydrogens (tertiary/aromatic N) is 2. The summed E-state index contributed by atoms with van der Waals surface area (Å²) in [4.78, 5) is 2.38. The van der Waals surface area contributed by atoms with E-state index in [1.165, 1.54) is 32.9 Å². The molecule has 3 nitrogen and oxygen atoms in total. The third-order valence-electron chi connectivity index (χ3n) is 11.2. The lowest BCUT2D eigenvalue weighted by atomic mass is 9.97. The van der Waals surface area contributed by atoms with Crippen LogP contribution in [-0.2, 0) is 0 Å². The van der Waals surface area contributed by atoms with Gasteiger partial charge < -0.3 is 13.9 Å². The number of furan rings is 1. The summed E-state index contributed by atoms with van der Waals surface area (Å²) in [5.41, 5.74) is 15.6. The van der Waals surface area contributed by atoms with E-state index < -0.39 is 0 Å². The van der Waals surface area contributed by atoms with E-state index in [-0.39, 0.29) is 0 Å². The fraction of sp³-hybridized carbons (Fsp3) is 0. The molecule has 3 heteroatoms. The first kappa shape index (κ1) is 32.8. The highest BCUT2D eigenvalue weighted by molar-refractivity contribution is 6.13. The molecule has 0 saturated carbocycles. The van der Waals surface area contributed by atoms with Crippen LogP contribution < -0.4 is 4.90 Å². The zero-order valence-electron chi connectivity index (χ0n) is 31.1. The van der Waals surface area contributed by atoms with Gasteiger partial charge in [0.15, 0.2) is 0 Å². The van der Waals surface area contributed by atoms with Crippen LogP contribution in [0.3, 0.4) is 0 Å². The number of aromatic nitrogens is 1. The van der Waals surface area contributed by atoms with Crippen molar-refractivity contribution in [3.8, 4) is 39.1 Å². The standard InChI is InChI=1S/C54H36N2O/c1-2-14-39(15-3-1)44-18-4-8-23-49(44)55(43-17-12-16-40(36-43)45-22-13-27-53-54(45)48-21-7-11-26-52(48)57-53)41-32-28-37(29-33-41)38-30-34-42(35-31-38)56-50-24-9-5-19-46(50)47-20-6-10-25-51(47)56/h1-36H. The second kappa shape index (κ2) is 13.6. The van der Waals surface area contributed by atoms with Crippen molar-refractivity contribution in [2.24, 2.45) is 0 Å². The largest absolute Gasteiger partial charge is 0.456 e. The fourth-order valence-corrected chi connectivity index (χ4v) is 8.59. The normalized spacial score (nSPS) is 11.5. The molecule has 0 N–H and O–H groups in total. The zero-order valence-corrected chi connectivity index (χ0v) is 31.1. The van der Waals surface area contributed by atoms with Gasteiger partial charge in [0.1, 0.15) is 11.2 Å². The van der Waals surface area contributed by atoms with Crippen molar-refractivity contribution in [1.82, 2.24) is 4.57 Å². The van der Waals surface area contributed by atoms with Crippen molar-refractivity contribution < 1.29 is 4.42 Å². The van der Waals surface area contributed by atoms with Crippen molar-refractivity contribution in [3.05, 3.63) is 218 Å². The molecule has 0 spiro atoms. The highest BCUT2D eigenvalue weighted by Crippen LogP contribution is 2.44. The van der Waals surface area contributed by atoms with Crippen molar-refractivity contribution in [3.63, 3.8) is 0 Å². The Morgan fingerprint density at radius 2 is 0.912 bits per heavy atom. The highest BCUT2D eigenvalue weighted by atomic mass is 16.3. The lowest BCUT2D eigenvalue weighted by Gasteiger charge is -2.28. The topological polar surface area (TPSA) is 21.3 Å². The quantitative estimate of drug-likeness (QED) is 0.163. The Kier molecular flexibility index (Phi) is 7.82. The smallest absolute Gasteiger partial charge is 0.136 e. The third-order valence-corrected chi connectivity index (χ3v) is 11.2. The molecule has 0 aliphatic heterocycles. The lowest BCUT2D eigenvalue weighted by molar-refractivity contribution is 0.669. The highest BCUT2D eigenvalue weighted by Gasteiger charge is 2.19. The van der Waals surface area contributed by atoms with Gasteiger partial charge in [-0.05, 0) is 94.5 Å². The van der Waals surface area contributed by atoms with Gasteiger partial charge in [-0.1, -0.05) is 152 Å². The first-order valence-corrected chi connectivity index (χ1v) is 19.4. The van der Waals surface area contributed by atoms with Crippen molar-refractivity contribution in [2.45, 2.75) is 0 Å². The summed E-state index contributed by atoms with van der Waals surface area (Å²) in [5.74, 6) is 0. The van der Waals surface area contributed by atoms with Crippen LogP contribution in [0.2, 0.25) is 0 Å². The predicted molar refractivity (Wildman–Crippen MR) is 239 cm³/mol. The molecule has 268 valence electrons. The Labute approximate surface area is 330 Å². The van der Waals surface area contributed by atoms with Crippen LogP contribution in [0.15, 0.2) is 223 Å².